The lowest BCUT2D eigenvalue weighted by molar-refractivity contribution is 0.0691. The topological polar surface area (TPSA) is 99.5 Å². The van der Waals surface area contributed by atoms with E-state index in [4.69, 9.17) is 5.11 Å². The van der Waals surface area contributed by atoms with E-state index >= 15 is 0 Å². The van der Waals surface area contributed by atoms with Crippen molar-refractivity contribution in [3.63, 3.8) is 0 Å². The van der Waals surface area contributed by atoms with Crippen LogP contribution < -0.4 is 10.6 Å². The van der Waals surface area contributed by atoms with E-state index in [0.717, 1.165) is 26.1 Å². The number of carbonyl (C=O) groups is 2. The second kappa shape index (κ2) is 6.90. The Morgan fingerprint density at radius 2 is 2.25 bits per heavy atom. The number of hydrogen-bond donors (Lipinski definition) is 3. The number of carboxylic acids is 1. The van der Waals surface area contributed by atoms with Gasteiger partial charge in [0.15, 0.2) is 5.69 Å². The molecular weight excluding hydrogens is 262 g/mol. The summed E-state index contributed by atoms with van der Waals surface area (Å²) in [6.07, 6.45) is 3.85. The summed E-state index contributed by atoms with van der Waals surface area (Å²) in [5, 5.41) is 14.8. The Hall–Kier alpha value is -2.09. The Balaban J connectivity index is 1.74. The maximum absolute atomic E-state index is 11.9. The van der Waals surface area contributed by atoms with E-state index in [9.17, 15) is 9.59 Å². The lowest BCUT2D eigenvalue weighted by atomic mass is 10.4. The average Bonchev–Trinajstić information content (AvgIpc) is 2.73. The monoisotopic (exact) mass is 281 g/mol. The predicted octanol–water partition coefficient (Wildman–Crippen LogP) is -0.414. The molecule has 2 amide bonds. The van der Waals surface area contributed by atoms with Gasteiger partial charge in [0.25, 0.3) is 0 Å². The molecule has 3 N–H and O–H groups in total. The molecule has 0 saturated carbocycles. The minimum absolute atomic E-state index is 0.00918. The molecule has 1 aromatic heterocycles. The number of imidazole rings is 1. The van der Waals surface area contributed by atoms with Crippen molar-refractivity contribution in [2.45, 2.75) is 13.0 Å². The van der Waals surface area contributed by atoms with E-state index in [1.54, 1.807) is 9.47 Å². The van der Waals surface area contributed by atoms with Gasteiger partial charge in [-0.05, 0) is 13.0 Å². The highest BCUT2D eigenvalue weighted by Gasteiger charge is 2.14. The van der Waals surface area contributed by atoms with E-state index in [0.29, 0.717) is 19.6 Å². The van der Waals surface area contributed by atoms with Gasteiger partial charge in [0, 0.05) is 38.9 Å². The molecule has 1 aromatic rings. The van der Waals surface area contributed by atoms with E-state index in [-0.39, 0.29) is 11.7 Å². The molecule has 0 spiro atoms. The minimum Gasteiger partial charge on any atom is -0.476 e. The Labute approximate surface area is 116 Å². The van der Waals surface area contributed by atoms with Crippen LogP contribution in [-0.4, -0.2) is 64.3 Å². The first-order valence-electron chi connectivity index (χ1n) is 6.65. The summed E-state index contributed by atoms with van der Waals surface area (Å²) in [4.78, 5) is 28.1. The van der Waals surface area contributed by atoms with Gasteiger partial charge in [-0.15, -0.1) is 0 Å². The number of carboxylic acid groups (broad SMARTS) is 1. The molecule has 0 radical (unpaired) electrons. The van der Waals surface area contributed by atoms with Gasteiger partial charge < -0.3 is 25.2 Å². The normalized spacial score (nSPS) is 15.7. The maximum atomic E-state index is 11.9. The van der Waals surface area contributed by atoms with Crippen molar-refractivity contribution in [1.82, 2.24) is 25.1 Å². The molecule has 1 fully saturated rings. The maximum Gasteiger partial charge on any atom is 0.356 e. The molecule has 0 aliphatic carbocycles. The molecule has 2 rings (SSSR count). The molecule has 110 valence electrons. The summed E-state index contributed by atoms with van der Waals surface area (Å²) < 4.78 is 1.65. The van der Waals surface area contributed by atoms with Crippen LogP contribution in [0.4, 0.5) is 4.79 Å². The third-order valence-electron chi connectivity index (χ3n) is 3.13. The van der Waals surface area contributed by atoms with Gasteiger partial charge in [0.1, 0.15) is 0 Å². The molecule has 1 saturated heterocycles. The standard InChI is InChI=1S/C12H19N5O3/c18-11(19)10-8-16(9-15-10)6-4-14-12(20)17-5-1-2-13-3-7-17/h8-9,13H,1-7H2,(H,14,20)(H,18,19). The Bertz CT molecular complexity index is 465. The van der Waals surface area contributed by atoms with Gasteiger partial charge in [0.05, 0.1) is 6.33 Å². The van der Waals surface area contributed by atoms with E-state index < -0.39 is 5.97 Å². The second-order valence-corrected chi connectivity index (χ2v) is 4.62. The molecule has 8 heteroatoms. The lowest BCUT2D eigenvalue weighted by Gasteiger charge is -2.20. The van der Waals surface area contributed by atoms with Crippen LogP contribution in [0.15, 0.2) is 12.5 Å². The fourth-order valence-electron chi connectivity index (χ4n) is 2.05. The van der Waals surface area contributed by atoms with Crippen LogP contribution in [0.3, 0.4) is 0 Å². The van der Waals surface area contributed by atoms with Crippen LogP contribution in [0.1, 0.15) is 16.9 Å². The zero-order valence-electron chi connectivity index (χ0n) is 11.2. The summed E-state index contributed by atoms with van der Waals surface area (Å²) in [5.74, 6) is -1.05. The molecule has 2 heterocycles. The fraction of sp³-hybridized carbons (Fsp3) is 0.583. The van der Waals surface area contributed by atoms with Crippen molar-refractivity contribution in [1.29, 1.82) is 0 Å². The molecule has 0 aromatic carbocycles. The Morgan fingerprint density at radius 1 is 1.40 bits per heavy atom. The number of nitrogens with one attached hydrogen (secondary N) is 2. The van der Waals surface area contributed by atoms with Crippen molar-refractivity contribution in [2.24, 2.45) is 0 Å². The molecule has 8 nitrogen and oxygen atoms in total. The number of aromatic carboxylic acids is 1. The molecule has 0 atom stereocenters. The third kappa shape index (κ3) is 3.95. The molecular formula is C12H19N5O3. The van der Waals surface area contributed by atoms with Crippen molar-refractivity contribution in [3.8, 4) is 0 Å². The average molecular weight is 281 g/mol. The highest BCUT2D eigenvalue weighted by molar-refractivity contribution is 5.84. The fourth-order valence-corrected chi connectivity index (χ4v) is 2.05. The highest BCUT2D eigenvalue weighted by Crippen LogP contribution is 1.97. The van der Waals surface area contributed by atoms with Gasteiger partial charge in [-0.2, -0.15) is 0 Å². The quantitative estimate of drug-likeness (QED) is 0.696. The molecule has 1 aliphatic heterocycles. The van der Waals surface area contributed by atoms with Gasteiger partial charge in [-0.1, -0.05) is 0 Å². The van der Waals surface area contributed by atoms with Crippen LogP contribution in [-0.2, 0) is 6.54 Å². The first-order chi connectivity index (χ1) is 9.66. The summed E-state index contributed by atoms with van der Waals surface area (Å²) in [7, 11) is 0. The third-order valence-corrected chi connectivity index (χ3v) is 3.13. The van der Waals surface area contributed by atoms with Crippen molar-refractivity contribution >= 4 is 12.0 Å². The minimum atomic E-state index is -1.05. The Kier molecular flexibility index (Phi) is 4.94. The number of nitrogens with zero attached hydrogens (tertiary/aromatic N) is 3. The second-order valence-electron chi connectivity index (χ2n) is 4.62. The number of hydrogen-bond acceptors (Lipinski definition) is 4. The van der Waals surface area contributed by atoms with Crippen LogP contribution in [0.5, 0.6) is 0 Å². The molecule has 0 bridgehead atoms. The van der Waals surface area contributed by atoms with Gasteiger partial charge in [0.2, 0.25) is 0 Å². The van der Waals surface area contributed by atoms with Crippen molar-refractivity contribution < 1.29 is 14.7 Å². The first-order valence-corrected chi connectivity index (χ1v) is 6.65. The van der Waals surface area contributed by atoms with Crippen LogP contribution in [0, 0.1) is 0 Å². The van der Waals surface area contributed by atoms with Crippen LogP contribution in [0.2, 0.25) is 0 Å². The number of carbonyl (C=O) groups excluding carboxylic acids is 1. The Morgan fingerprint density at radius 3 is 3.00 bits per heavy atom. The lowest BCUT2D eigenvalue weighted by Crippen LogP contribution is -2.42. The number of urea groups is 1. The van der Waals surface area contributed by atoms with Gasteiger partial charge in [-0.3, -0.25) is 0 Å². The SMILES string of the molecule is O=C(O)c1cn(CCNC(=O)N2CCCNCC2)cn1. The molecule has 0 unspecified atom stereocenters. The molecule has 20 heavy (non-hydrogen) atoms. The first kappa shape index (κ1) is 14.3. The number of rotatable bonds is 4. The summed E-state index contributed by atoms with van der Waals surface area (Å²) in [6.45, 7) is 4.16. The largest absolute Gasteiger partial charge is 0.476 e. The number of aromatic nitrogens is 2. The molecule has 1 aliphatic rings. The van der Waals surface area contributed by atoms with Crippen LogP contribution in [0.25, 0.3) is 0 Å². The predicted molar refractivity (Wildman–Crippen MR) is 71.6 cm³/mol. The van der Waals surface area contributed by atoms with E-state index in [1.165, 1.54) is 12.5 Å². The summed E-state index contributed by atoms with van der Waals surface area (Å²) >= 11 is 0. The number of amides is 2. The van der Waals surface area contributed by atoms with Gasteiger partial charge in [-0.25, -0.2) is 14.6 Å². The van der Waals surface area contributed by atoms with E-state index in [1.807, 2.05) is 0 Å². The zero-order chi connectivity index (χ0) is 14.4. The van der Waals surface area contributed by atoms with E-state index in [2.05, 4.69) is 15.6 Å². The van der Waals surface area contributed by atoms with Gasteiger partial charge >= 0.3 is 12.0 Å². The summed E-state index contributed by atoms with van der Waals surface area (Å²) in [6, 6.07) is -0.0766. The van der Waals surface area contributed by atoms with Crippen molar-refractivity contribution in [2.75, 3.05) is 32.7 Å². The van der Waals surface area contributed by atoms with Crippen molar-refractivity contribution in [3.05, 3.63) is 18.2 Å². The highest BCUT2D eigenvalue weighted by atomic mass is 16.4. The van der Waals surface area contributed by atoms with Crippen LogP contribution >= 0.6 is 0 Å². The summed E-state index contributed by atoms with van der Waals surface area (Å²) in [5.41, 5.74) is 0.00918. The zero-order valence-corrected chi connectivity index (χ0v) is 11.2. The smallest absolute Gasteiger partial charge is 0.356 e.